The number of piperidine rings is 1. The number of hydrogen-bond donors (Lipinski definition) is 1. The maximum absolute atomic E-state index is 5.52. The van der Waals surface area contributed by atoms with Crippen molar-refractivity contribution in [1.82, 2.24) is 10.2 Å². The van der Waals surface area contributed by atoms with Gasteiger partial charge in [-0.2, -0.15) is 0 Å². The van der Waals surface area contributed by atoms with Gasteiger partial charge in [-0.15, -0.1) is 0 Å². The summed E-state index contributed by atoms with van der Waals surface area (Å²) < 4.78 is 5.52. The number of ether oxygens (including phenoxy) is 1. The third-order valence-electron chi connectivity index (χ3n) is 5.02. The molecule has 3 fully saturated rings. The monoisotopic (exact) mass is 252 g/mol. The Morgan fingerprint density at radius 3 is 2.39 bits per heavy atom. The van der Waals surface area contributed by atoms with Gasteiger partial charge in [0.25, 0.3) is 0 Å². The molecule has 1 aliphatic heterocycles. The predicted octanol–water partition coefficient (Wildman–Crippen LogP) is 2.16. The third-order valence-corrected chi connectivity index (χ3v) is 5.02. The fourth-order valence-corrected chi connectivity index (χ4v) is 3.71. The molecule has 2 saturated carbocycles. The Morgan fingerprint density at radius 2 is 1.72 bits per heavy atom. The molecule has 0 aromatic rings. The summed E-state index contributed by atoms with van der Waals surface area (Å²) in [5.41, 5.74) is 0. The summed E-state index contributed by atoms with van der Waals surface area (Å²) in [5.74, 6) is 0. The average molecular weight is 252 g/mol. The molecular formula is C15H28N2O. The molecule has 104 valence electrons. The van der Waals surface area contributed by atoms with Gasteiger partial charge in [0.2, 0.25) is 0 Å². The van der Waals surface area contributed by atoms with E-state index in [2.05, 4.69) is 10.2 Å². The predicted molar refractivity (Wildman–Crippen MR) is 73.8 cm³/mol. The molecule has 3 aliphatic rings. The zero-order valence-corrected chi connectivity index (χ0v) is 11.7. The standard InChI is InChI=1S/C15H28N2O/c1-18-15-4-2-3-13(11-15)16-12-7-9-17(10-8-12)14-5-6-14/h12-16H,2-11H2,1H3. The molecule has 2 aliphatic carbocycles. The van der Waals surface area contributed by atoms with Crippen molar-refractivity contribution in [3.05, 3.63) is 0 Å². The Bertz CT molecular complexity index is 259. The van der Waals surface area contributed by atoms with Crippen LogP contribution in [-0.2, 0) is 4.74 Å². The number of rotatable bonds is 4. The van der Waals surface area contributed by atoms with Gasteiger partial charge in [-0.25, -0.2) is 0 Å². The van der Waals surface area contributed by atoms with Crippen LogP contribution in [-0.4, -0.2) is 49.3 Å². The molecule has 0 bridgehead atoms. The van der Waals surface area contributed by atoms with Crippen molar-refractivity contribution in [1.29, 1.82) is 0 Å². The van der Waals surface area contributed by atoms with E-state index in [9.17, 15) is 0 Å². The summed E-state index contributed by atoms with van der Waals surface area (Å²) in [6.07, 6.45) is 11.3. The minimum absolute atomic E-state index is 0.503. The summed E-state index contributed by atoms with van der Waals surface area (Å²) in [6, 6.07) is 2.43. The van der Waals surface area contributed by atoms with E-state index in [1.165, 1.54) is 64.5 Å². The smallest absolute Gasteiger partial charge is 0.0586 e. The lowest BCUT2D eigenvalue weighted by Crippen LogP contribution is -2.48. The van der Waals surface area contributed by atoms with Crippen LogP contribution in [0.15, 0.2) is 0 Å². The molecule has 1 N–H and O–H groups in total. The second-order valence-electron chi connectivity index (χ2n) is 6.43. The van der Waals surface area contributed by atoms with Gasteiger partial charge < -0.3 is 15.0 Å². The number of hydrogen-bond acceptors (Lipinski definition) is 3. The van der Waals surface area contributed by atoms with Gasteiger partial charge in [0.1, 0.15) is 0 Å². The molecule has 0 spiro atoms. The average Bonchev–Trinajstić information content (AvgIpc) is 3.24. The van der Waals surface area contributed by atoms with Crippen molar-refractivity contribution in [2.45, 2.75) is 75.6 Å². The van der Waals surface area contributed by atoms with Crippen LogP contribution in [0.25, 0.3) is 0 Å². The van der Waals surface area contributed by atoms with Crippen LogP contribution in [0.3, 0.4) is 0 Å². The molecule has 0 aromatic heterocycles. The highest BCUT2D eigenvalue weighted by Crippen LogP contribution is 2.30. The van der Waals surface area contributed by atoms with E-state index < -0.39 is 0 Å². The second kappa shape index (κ2) is 5.89. The van der Waals surface area contributed by atoms with Crippen LogP contribution in [0.1, 0.15) is 51.4 Å². The van der Waals surface area contributed by atoms with Gasteiger partial charge in [-0.05, 0) is 64.5 Å². The Kier molecular flexibility index (Phi) is 4.22. The van der Waals surface area contributed by atoms with Crippen molar-refractivity contribution in [3.8, 4) is 0 Å². The molecule has 3 rings (SSSR count). The molecule has 2 unspecified atom stereocenters. The highest BCUT2D eigenvalue weighted by molar-refractivity contribution is 4.90. The number of methoxy groups -OCH3 is 1. The highest BCUT2D eigenvalue weighted by atomic mass is 16.5. The topological polar surface area (TPSA) is 24.5 Å². The Labute approximate surface area is 111 Å². The van der Waals surface area contributed by atoms with Gasteiger partial charge in [-0.1, -0.05) is 0 Å². The maximum atomic E-state index is 5.52. The zero-order chi connectivity index (χ0) is 12.4. The van der Waals surface area contributed by atoms with E-state index in [1.807, 2.05) is 7.11 Å². The van der Waals surface area contributed by atoms with E-state index in [0.717, 1.165) is 12.1 Å². The fourth-order valence-electron chi connectivity index (χ4n) is 3.71. The largest absolute Gasteiger partial charge is 0.381 e. The minimum Gasteiger partial charge on any atom is -0.381 e. The SMILES string of the molecule is COC1CCCC(NC2CCN(C3CC3)CC2)C1. The normalized spacial score (nSPS) is 35.8. The van der Waals surface area contributed by atoms with Gasteiger partial charge in [-0.3, -0.25) is 0 Å². The highest BCUT2D eigenvalue weighted by Gasteiger charge is 2.32. The van der Waals surface area contributed by atoms with Gasteiger partial charge in [0.05, 0.1) is 6.10 Å². The van der Waals surface area contributed by atoms with Crippen LogP contribution < -0.4 is 5.32 Å². The van der Waals surface area contributed by atoms with Crippen LogP contribution >= 0.6 is 0 Å². The van der Waals surface area contributed by atoms with E-state index in [1.54, 1.807) is 0 Å². The van der Waals surface area contributed by atoms with Crippen LogP contribution in [0.4, 0.5) is 0 Å². The Morgan fingerprint density at radius 1 is 0.944 bits per heavy atom. The first-order chi connectivity index (χ1) is 8.85. The van der Waals surface area contributed by atoms with Crippen LogP contribution in [0, 0.1) is 0 Å². The third kappa shape index (κ3) is 3.25. The molecule has 2 atom stereocenters. The molecule has 18 heavy (non-hydrogen) atoms. The second-order valence-corrected chi connectivity index (χ2v) is 6.43. The Hall–Kier alpha value is -0.120. The van der Waals surface area contributed by atoms with Gasteiger partial charge in [0, 0.05) is 25.2 Å². The van der Waals surface area contributed by atoms with E-state index in [-0.39, 0.29) is 0 Å². The minimum atomic E-state index is 0.503. The first kappa shape index (κ1) is 12.9. The quantitative estimate of drug-likeness (QED) is 0.830. The number of nitrogens with zero attached hydrogens (tertiary/aromatic N) is 1. The lowest BCUT2D eigenvalue weighted by Gasteiger charge is -2.37. The molecule has 0 aromatic carbocycles. The lowest BCUT2D eigenvalue weighted by atomic mass is 9.91. The van der Waals surface area contributed by atoms with Crippen molar-refractivity contribution < 1.29 is 4.74 Å². The number of likely N-dealkylation sites (tertiary alicyclic amines) is 1. The zero-order valence-electron chi connectivity index (χ0n) is 11.7. The summed E-state index contributed by atoms with van der Waals surface area (Å²) in [7, 11) is 1.86. The molecule has 1 saturated heterocycles. The fraction of sp³-hybridized carbons (Fsp3) is 1.00. The first-order valence-corrected chi connectivity index (χ1v) is 7.88. The first-order valence-electron chi connectivity index (χ1n) is 7.88. The van der Waals surface area contributed by atoms with E-state index in [0.29, 0.717) is 12.1 Å². The van der Waals surface area contributed by atoms with E-state index in [4.69, 9.17) is 4.74 Å². The van der Waals surface area contributed by atoms with Gasteiger partial charge >= 0.3 is 0 Å². The van der Waals surface area contributed by atoms with Crippen LogP contribution in [0.5, 0.6) is 0 Å². The number of nitrogens with one attached hydrogen (secondary N) is 1. The van der Waals surface area contributed by atoms with Gasteiger partial charge in [0.15, 0.2) is 0 Å². The molecular weight excluding hydrogens is 224 g/mol. The van der Waals surface area contributed by atoms with E-state index >= 15 is 0 Å². The maximum Gasteiger partial charge on any atom is 0.0586 e. The van der Waals surface area contributed by atoms with Crippen molar-refractivity contribution in [3.63, 3.8) is 0 Å². The van der Waals surface area contributed by atoms with Crippen molar-refractivity contribution in [2.75, 3.05) is 20.2 Å². The molecule has 0 radical (unpaired) electrons. The summed E-state index contributed by atoms with van der Waals surface area (Å²) >= 11 is 0. The molecule has 3 heteroatoms. The molecule has 3 nitrogen and oxygen atoms in total. The molecule has 1 heterocycles. The van der Waals surface area contributed by atoms with Crippen molar-refractivity contribution in [2.24, 2.45) is 0 Å². The summed E-state index contributed by atoms with van der Waals surface area (Å²) in [4.78, 5) is 2.71. The Balaban J connectivity index is 1.40. The van der Waals surface area contributed by atoms with Crippen molar-refractivity contribution >= 4 is 0 Å². The summed E-state index contributed by atoms with van der Waals surface area (Å²) in [5, 5.41) is 3.90. The molecule has 0 amide bonds. The lowest BCUT2D eigenvalue weighted by molar-refractivity contribution is 0.0543. The summed E-state index contributed by atoms with van der Waals surface area (Å²) in [6.45, 7) is 2.64. The van der Waals surface area contributed by atoms with Crippen LogP contribution in [0.2, 0.25) is 0 Å².